The van der Waals surface area contributed by atoms with E-state index in [1.54, 1.807) is 0 Å². The topological polar surface area (TPSA) is 128 Å². The lowest BCUT2D eigenvalue weighted by atomic mass is 10.4. The van der Waals surface area contributed by atoms with Crippen LogP contribution >= 0.6 is 0 Å². The summed E-state index contributed by atoms with van der Waals surface area (Å²) in [5.74, 6) is 5.97. The molecule has 1 aliphatic rings. The number of aromatic nitrogens is 2. The minimum Gasteiger partial charge on any atom is -0.379 e. The van der Waals surface area contributed by atoms with Gasteiger partial charge in [-0.05, 0) is 18.8 Å². The molecule has 4 N–H and O–H groups in total. The summed E-state index contributed by atoms with van der Waals surface area (Å²) in [5, 5.41) is 13.8. The summed E-state index contributed by atoms with van der Waals surface area (Å²) in [6.07, 6.45) is 3.67. The van der Waals surface area contributed by atoms with Gasteiger partial charge in [0, 0.05) is 13.2 Å². The van der Waals surface area contributed by atoms with Crippen LogP contribution in [0.4, 0.5) is 17.3 Å². The van der Waals surface area contributed by atoms with Crippen LogP contribution in [-0.4, -0.2) is 34.6 Å². The number of nitrogens with one attached hydrogen (secondary N) is 2. The van der Waals surface area contributed by atoms with Gasteiger partial charge in [-0.15, -0.1) is 0 Å². The first-order chi connectivity index (χ1) is 9.22. The second-order valence-electron chi connectivity index (χ2n) is 4.27. The summed E-state index contributed by atoms with van der Waals surface area (Å²) in [4.78, 5) is 17.9. The number of nitrogens with two attached hydrogens (primary N) is 1. The highest BCUT2D eigenvalue weighted by Gasteiger charge is 2.22. The second kappa shape index (κ2) is 6.25. The van der Waals surface area contributed by atoms with Crippen molar-refractivity contribution in [2.45, 2.75) is 12.8 Å². The Balaban J connectivity index is 1.88. The van der Waals surface area contributed by atoms with E-state index in [1.165, 1.54) is 19.2 Å². The highest BCUT2D eigenvalue weighted by Crippen LogP contribution is 2.29. The van der Waals surface area contributed by atoms with E-state index in [4.69, 9.17) is 10.6 Å². The Hall–Kier alpha value is -2.00. The lowest BCUT2D eigenvalue weighted by molar-refractivity contribution is -0.383. The molecule has 0 aromatic carbocycles. The number of ether oxygens (including phenoxy) is 1. The first-order valence-corrected chi connectivity index (χ1v) is 6.00. The predicted molar refractivity (Wildman–Crippen MR) is 68.5 cm³/mol. The Morgan fingerprint density at radius 2 is 2.21 bits per heavy atom. The van der Waals surface area contributed by atoms with Crippen LogP contribution in [0.2, 0.25) is 0 Å². The molecule has 1 fully saturated rings. The fourth-order valence-electron chi connectivity index (χ4n) is 1.56. The number of hydrazine groups is 1. The van der Waals surface area contributed by atoms with Gasteiger partial charge in [-0.3, -0.25) is 10.1 Å². The van der Waals surface area contributed by atoms with Crippen LogP contribution in [0.3, 0.4) is 0 Å². The summed E-state index contributed by atoms with van der Waals surface area (Å²) < 4.78 is 5.42. The van der Waals surface area contributed by atoms with Crippen LogP contribution in [0.5, 0.6) is 0 Å². The standard InChI is InChI=1S/C10H16N6O3/c11-15-10-8(16(17)18)9(13-6-14-10)12-3-4-19-5-7-1-2-7/h6-7H,1-5,11H2,(H2,12,13,14,15). The summed E-state index contributed by atoms with van der Waals surface area (Å²) in [6, 6.07) is 0. The van der Waals surface area contributed by atoms with Crippen molar-refractivity contribution in [3.05, 3.63) is 16.4 Å². The van der Waals surface area contributed by atoms with E-state index < -0.39 is 4.92 Å². The summed E-state index contributed by atoms with van der Waals surface area (Å²) in [6.45, 7) is 1.67. The molecule has 0 bridgehead atoms. The van der Waals surface area contributed by atoms with Crippen molar-refractivity contribution < 1.29 is 9.66 Å². The van der Waals surface area contributed by atoms with Gasteiger partial charge in [0.1, 0.15) is 6.33 Å². The lowest BCUT2D eigenvalue weighted by Gasteiger charge is -2.08. The molecule has 0 radical (unpaired) electrons. The van der Waals surface area contributed by atoms with E-state index in [2.05, 4.69) is 20.7 Å². The summed E-state index contributed by atoms with van der Waals surface area (Å²) >= 11 is 0. The van der Waals surface area contributed by atoms with Crippen LogP contribution in [0.1, 0.15) is 12.8 Å². The van der Waals surface area contributed by atoms with Crippen molar-refractivity contribution in [2.75, 3.05) is 30.5 Å². The van der Waals surface area contributed by atoms with E-state index in [1.807, 2.05) is 0 Å². The molecule has 1 saturated carbocycles. The Bertz CT molecular complexity index is 451. The molecule has 0 saturated heterocycles. The molecule has 0 unspecified atom stereocenters. The maximum absolute atomic E-state index is 10.9. The van der Waals surface area contributed by atoms with Crippen molar-refractivity contribution in [3.63, 3.8) is 0 Å². The van der Waals surface area contributed by atoms with Crippen LogP contribution in [0.25, 0.3) is 0 Å². The SMILES string of the molecule is NNc1ncnc(NCCOCC2CC2)c1[N+](=O)[O-]. The number of nitro groups is 1. The van der Waals surface area contributed by atoms with Gasteiger partial charge in [0.2, 0.25) is 11.6 Å². The average molecular weight is 268 g/mol. The molecule has 1 heterocycles. The molecule has 0 amide bonds. The lowest BCUT2D eigenvalue weighted by Crippen LogP contribution is -2.16. The van der Waals surface area contributed by atoms with Crippen LogP contribution < -0.4 is 16.6 Å². The minimum absolute atomic E-state index is 0.0265. The van der Waals surface area contributed by atoms with Gasteiger partial charge in [-0.1, -0.05) is 0 Å². The second-order valence-corrected chi connectivity index (χ2v) is 4.27. The molecule has 104 valence electrons. The van der Waals surface area contributed by atoms with E-state index in [-0.39, 0.29) is 17.3 Å². The summed E-state index contributed by atoms with van der Waals surface area (Å²) in [7, 11) is 0. The number of nitrogen functional groups attached to an aromatic ring is 1. The van der Waals surface area contributed by atoms with Gasteiger partial charge < -0.3 is 15.5 Å². The normalized spacial score (nSPS) is 14.2. The zero-order valence-electron chi connectivity index (χ0n) is 10.3. The van der Waals surface area contributed by atoms with Gasteiger partial charge in [-0.2, -0.15) is 0 Å². The van der Waals surface area contributed by atoms with Crippen molar-refractivity contribution in [1.82, 2.24) is 9.97 Å². The molecule has 1 aromatic rings. The van der Waals surface area contributed by atoms with Crippen molar-refractivity contribution in [3.8, 4) is 0 Å². The molecule has 0 atom stereocenters. The van der Waals surface area contributed by atoms with E-state index in [0.29, 0.717) is 19.1 Å². The first kappa shape index (κ1) is 13.4. The van der Waals surface area contributed by atoms with Crippen molar-refractivity contribution in [2.24, 2.45) is 11.8 Å². The monoisotopic (exact) mass is 268 g/mol. The third-order valence-electron chi connectivity index (χ3n) is 2.73. The van der Waals surface area contributed by atoms with Gasteiger partial charge in [-0.25, -0.2) is 15.8 Å². The Kier molecular flexibility index (Phi) is 4.42. The number of hydrogen-bond donors (Lipinski definition) is 3. The summed E-state index contributed by atoms with van der Waals surface area (Å²) in [5.41, 5.74) is 1.91. The van der Waals surface area contributed by atoms with Crippen LogP contribution in [0.15, 0.2) is 6.33 Å². The number of nitrogens with zero attached hydrogens (tertiary/aromatic N) is 3. The maximum atomic E-state index is 10.9. The Labute approximate surface area is 109 Å². The van der Waals surface area contributed by atoms with Gasteiger partial charge in [0.15, 0.2) is 0 Å². The smallest absolute Gasteiger partial charge is 0.354 e. The molecule has 19 heavy (non-hydrogen) atoms. The van der Waals surface area contributed by atoms with Crippen molar-refractivity contribution in [1.29, 1.82) is 0 Å². The average Bonchev–Trinajstić information content (AvgIpc) is 3.21. The zero-order valence-corrected chi connectivity index (χ0v) is 10.3. The molecule has 9 nitrogen and oxygen atoms in total. The quantitative estimate of drug-likeness (QED) is 0.269. The minimum atomic E-state index is -0.581. The first-order valence-electron chi connectivity index (χ1n) is 6.00. The Morgan fingerprint density at radius 3 is 2.84 bits per heavy atom. The molecular formula is C10H16N6O3. The van der Waals surface area contributed by atoms with E-state index in [0.717, 1.165) is 6.61 Å². The fourth-order valence-corrected chi connectivity index (χ4v) is 1.56. The third-order valence-corrected chi connectivity index (χ3v) is 2.73. The predicted octanol–water partition coefficient (Wildman–Crippen LogP) is 0.509. The van der Waals surface area contributed by atoms with E-state index in [9.17, 15) is 10.1 Å². The largest absolute Gasteiger partial charge is 0.379 e. The van der Waals surface area contributed by atoms with Gasteiger partial charge in [0.25, 0.3) is 0 Å². The highest BCUT2D eigenvalue weighted by atomic mass is 16.6. The third kappa shape index (κ3) is 3.73. The van der Waals surface area contributed by atoms with E-state index >= 15 is 0 Å². The zero-order chi connectivity index (χ0) is 13.7. The number of rotatable bonds is 8. The molecule has 1 aromatic heterocycles. The molecule has 0 aliphatic heterocycles. The van der Waals surface area contributed by atoms with Crippen molar-refractivity contribution >= 4 is 17.3 Å². The highest BCUT2D eigenvalue weighted by molar-refractivity contribution is 5.68. The van der Waals surface area contributed by atoms with Crippen LogP contribution in [-0.2, 0) is 4.74 Å². The molecule has 0 spiro atoms. The fraction of sp³-hybridized carbons (Fsp3) is 0.600. The molecule has 9 heteroatoms. The Morgan fingerprint density at radius 1 is 1.47 bits per heavy atom. The maximum Gasteiger partial charge on any atom is 0.354 e. The number of anilines is 2. The van der Waals surface area contributed by atoms with Gasteiger partial charge in [0.05, 0.1) is 11.5 Å². The van der Waals surface area contributed by atoms with Gasteiger partial charge >= 0.3 is 5.69 Å². The molecule has 1 aliphatic carbocycles. The molecular weight excluding hydrogens is 252 g/mol. The van der Waals surface area contributed by atoms with Crippen LogP contribution in [0, 0.1) is 16.0 Å². The number of hydrogen-bond acceptors (Lipinski definition) is 8. The molecule has 2 rings (SSSR count).